The molecule has 0 bridgehead atoms. The molecule has 0 radical (unpaired) electrons. The number of piperazine rings is 1. The Morgan fingerprint density at radius 1 is 1.00 bits per heavy atom. The molecule has 0 spiro atoms. The van der Waals surface area contributed by atoms with Crippen LogP contribution in [0.15, 0.2) is 47.2 Å². The van der Waals surface area contributed by atoms with Crippen LogP contribution in [0.25, 0.3) is 10.9 Å². The third kappa shape index (κ3) is 3.37. The van der Waals surface area contributed by atoms with Gasteiger partial charge in [-0.25, -0.2) is 0 Å². The monoisotopic (exact) mass is 395 g/mol. The summed E-state index contributed by atoms with van der Waals surface area (Å²) in [5.74, 6) is 0.379. The van der Waals surface area contributed by atoms with Crippen molar-refractivity contribution in [2.24, 2.45) is 0 Å². The van der Waals surface area contributed by atoms with Gasteiger partial charge in [-0.1, -0.05) is 0 Å². The minimum Gasteiger partial charge on any atom is -0.497 e. The lowest BCUT2D eigenvalue weighted by Gasteiger charge is -2.34. The van der Waals surface area contributed by atoms with Crippen molar-refractivity contribution in [1.29, 1.82) is 0 Å². The molecule has 3 heterocycles. The van der Waals surface area contributed by atoms with Gasteiger partial charge in [-0.3, -0.25) is 19.0 Å². The molecule has 1 aliphatic rings. The Labute approximate surface area is 167 Å². The fraction of sp³-hybridized carbons (Fsp3) is 0.286. The summed E-state index contributed by atoms with van der Waals surface area (Å²) in [5, 5.41) is 0.665. The maximum atomic E-state index is 13.2. The second kappa shape index (κ2) is 7.46. The van der Waals surface area contributed by atoms with Gasteiger partial charge in [0.15, 0.2) is 5.76 Å². The molecule has 2 amide bonds. The number of rotatable bonds is 3. The van der Waals surface area contributed by atoms with Crippen LogP contribution in [0.3, 0.4) is 0 Å². The highest BCUT2D eigenvalue weighted by atomic mass is 16.5. The molecule has 0 saturated carbocycles. The molecule has 1 aliphatic heterocycles. The lowest BCUT2D eigenvalue weighted by Crippen LogP contribution is -2.50. The summed E-state index contributed by atoms with van der Waals surface area (Å²) >= 11 is 0. The molecular formula is C21H21N3O5. The summed E-state index contributed by atoms with van der Waals surface area (Å²) in [7, 11) is 1.56. The van der Waals surface area contributed by atoms with Crippen LogP contribution >= 0.6 is 0 Å². The van der Waals surface area contributed by atoms with E-state index in [-0.39, 0.29) is 17.7 Å². The summed E-state index contributed by atoms with van der Waals surface area (Å²) in [6.45, 7) is 3.10. The number of amides is 2. The van der Waals surface area contributed by atoms with Crippen LogP contribution in [-0.4, -0.2) is 65.4 Å². The van der Waals surface area contributed by atoms with Crippen LogP contribution in [0.2, 0.25) is 0 Å². The first-order valence-electron chi connectivity index (χ1n) is 9.31. The van der Waals surface area contributed by atoms with E-state index in [1.165, 1.54) is 17.8 Å². The average Bonchev–Trinajstić information content (AvgIpc) is 3.40. The lowest BCUT2D eigenvalue weighted by atomic mass is 10.1. The van der Waals surface area contributed by atoms with E-state index in [1.54, 1.807) is 53.4 Å². The van der Waals surface area contributed by atoms with Gasteiger partial charge in [-0.05, 0) is 30.3 Å². The van der Waals surface area contributed by atoms with Gasteiger partial charge in [0.25, 0.3) is 11.8 Å². The number of furan rings is 1. The number of aromatic nitrogens is 1. The maximum absolute atomic E-state index is 13.2. The third-order valence-electron chi connectivity index (χ3n) is 5.17. The van der Waals surface area contributed by atoms with Crippen molar-refractivity contribution in [1.82, 2.24) is 14.4 Å². The van der Waals surface area contributed by atoms with E-state index < -0.39 is 0 Å². The third-order valence-corrected chi connectivity index (χ3v) is 5.17. The molecule has 150 valence electrons. The maximum Gasteiger partial charge on any atom is 0.289 e. The number of hydrogen-bond donors (Lipinski definition) is 0. The Hall–Kier alpha value is -3.55. The van der Waals surface area contributed by atoms with E-state index in [4.69, 9.17) is 9.15 Å². The smallest absolute Gasteiger partial charge is 0.289 e. The molecule has 2 aromatic heterocycles. The van der Waals surface area contributed by atoms with Gasteiger partial charge in [-0.15, -0.1) is 0 Å². The first-order valence-corrected chi connectivity index (χ1v) is 9.31. The van der Waals surface area contributed by atoms with Crippen molar-refractivity contribution in [2.75, 3.05) is 33.3 Å². The Bertz CT molecular complexity index is 1080. The van der Waals surface area contributed by atoms with Crippen LogP contribution in [0.1, 0.15) is 32.6 Å². The largest absolute Gasteiger partial charge is 0.497 e. The van der Waals surface area contributed by atoms with Gasteiger partial charge >= 0.3 is 0 Å². The first kappa shape index (κ1) is 18.8. The molecule has 29 heavy (non-hydrogen) atoms. The topological polar surface area (TPSA) is 85.0 Å². The zero-order chi connectivity index (χ0) is 20.5. The molecule has 0 unspecified atom stereocenters. The van der Waals surface area contributed by atoms with Crippen LogP contribution in [0, 0.1) is 0 Å². The predicted octanol–water partition coefficient (Wildman–Crippen LogP) is 2.50. The molecule has 1 saturated heterocycles. The molecule has 1 fully saturated rings. The lowest BCUT2D eigenvalue weighted by molar-refractivity contribution is 0.0519. The average molecular weight is 395 g/mol. The van der Waals surface area contributed by atoms with Gasteiger partial charge in [-0.2, -0.15) is 0 Å². The number of carbonyl (C=O) groups is 3. The number of ether oxygens (including phenoxy) is 1. The normalized spacial score (nSPS) is 14.3. The quantitative estimate of drug-likeness (QED) is 0.680. The Morgan fingerprint density at radius 2 is 1.69 bits per heavy atom. The van der Waals surface area contributed by atoms with Crippen LogP contribution in [0.4, 0.5) is 0 Å². The van der Waals surface area contributed by atoms with E-state index >= 15 is 0 Å². The Kier molecular flexibility index (Phi) is 4.84. The predicted molar refractivity (Wildman–Crippen MR) is 105 cm³/mol. The van der Waals surface area contributed by atoms with Crippen molar-refractivity contribution in [3.63, 3.8) is 0 Å². The zero-order valence-electron chi connectivity index (χ0n) is 16.3. The molecule has 8 heteroatoms. The first-order chi connectivity index (χ1) is 14.0. The second-order valence-electron chi connectivity index (χ2n) is 6.88. The molecule has 4 rings (SSSR count). The molecule has 8 nitrogen and oxygen atoms in total. The number of nitrogens with zero attached hydrogens (tertiary/aromatic N) is 3. The minimum atomic E-state index is -0.181. The number of carbonyl (C=O) groups excluding carboxylic acids is 3. The molecule has 3 aromatic rings. The van der Waals surface area contributed by atoms with Crippen molar-refractivity contribution < 1.29 is 23.5 Å². The highest BCUT2D eigenvalue weighted by Crippen LogP contribution is 2.27. The minimum absolute atomic E-state index is 0.173. The van der Waals surface area contributed by atoms with Crippen molar-refractivity contribution >= 4 is 28.6 Å². The zero-order valence-corrected chi connectivity index (χ0v) is 16.3. The molecular weight excluding hydrogens is 374 g/mol. The van der Waals surface area contributed by atoms with Crippen molar-refractivity contribution in [3.05, 3.63) is 54.1 Å². The van der Waals surface area contributed by atoms with E-state index in [1.807, 2.05) is 0 Å². The number of methoxy groups -OCH3 is 1. The fourth-order valence-corrected chi connectivity index (χ4v) is 3.61. The second-order valence-corrected chi connectivity index (χ2v) is 6.88. The van der Waals surface area contributed by atoms with E-state index in [9.17, 15) is 14.4 Å². The van der Waals surface area contributed by atoms with E-state index in [0.717, 1.165) is 0 Å². The fourth-order valence-electron chi connectivity index (χ4n) is 3.61. The Morgan fingerprint density at radius 3 is 2.28 bits per heavy atom. The summed E-state index contributed by atoms with van der Waals surface area (Å²) in [4.78, 5) is 41.0. The SMILES string of the molecule is COc1ccc2c(c1)c(C(=O)N1CCN(C(=O)c3ccco3)CC1)cn2C(C)=O. The summed E-state index contributed by atoms with van der Waals surface area (Å²) in [6, 6.07) is 8.59. The van der Waals surface area contributed by atoms with Crippen LogP contribution < -0.4 is 4.74 Å². The Balaban J connectivity index is 1.56. The standard InChI is InChI=1S/C21H21N3O5/c1-14(25)24-13-17(16-12-15(28-2)5-6-18(16)24)20(26)22-7-9-23(10-8-22)21(27)19-4-3-11-29-19/h3-6,11-13H,7-10H2,1-2H3. The van der Waals surface area contributed by atoms with Gasteiger partial charge in [0.1, 0.15) is 5.75 Å². The molecule has 0 atom stereocenters. The summed E-state index contributed by atoms with van der Waals surface area (Å²) in [6.07, 6.45) is 3.04. The van der Waals surface area contributed by atoms with Crippen molar-refractivity contribution in [2.45, 2.75) is 6.92 Å². The molecule has 1 aromatic carbocycles. The summed E-state index contributed by atoms with van der Waals surface area (Å²) < 4.78 is 11.9. The molecule has 0 aliphatic carbocycles. The number of benzene rings is 1. The highest BCUT2D eigenvalue weighted by Gasteiger charge is 2.28. The van der Waals surface area contributed by atoms with Gasteiger partial charge in [0.05, 0.1) is 24.5 Å². The summed E-state index contributed by atoms with van der Waals surface area (Å²) in [5.41, 5.74) is 1.10. The molecule has 0 N–H and O–H groups in total. The van der Waals surface area contributed by atoms with Gasteiger partial charge in [0, 0.05) is 44.7 Å². The highest BCUT2D eigenvalue weighted by molar-refractivity contribution is 6.09. The van der Waals surface area contributed by atoms with E-state index in [0.29, 0.717) is 54.2 Å². The van der Waals surface area contributed by atoms with Crippen LogP contribution in [-0.2, 0) is 0 Å². The number of fused-ring (bicyclic) bond motifs is 1. The number of hydrogen-bond acceptors (Lipinski definition) is 5. The van der Waals surface area contributed by atoms with Crippen LogP contribution in [0.5, 0.6) is 5.75 Å². The van der Waals surface area contributed by atoms with Crippen molar-refractivity contribution in [3.8, 4) is 5.75 Å². The van der Waals surface area contributed by atoms with E-state index in [2.05, 4.69) is 0 Å². The van der Waals surface area contributed by atoms with Gasteiger partial charge in [0.2, 0.25) is 5.91 Å². The van der Waals surface area contributed by atoms with Gasteiger partial charge < -0.3 is 19.0 Å².